The lowest BCUT2D eigenvalue weighted by molar-refractivity contribution is 0.233. The van der Waals surface area contributed by atoms with E-state index in [9.17, 15) is 4.79 Å². The smallest absolute Gasteiger partial charge is 0.315 e. The van der Waals surface area contributed by atoms with E-state index in [1.807, 2.05) is 19.1 Å². The zero-order valence-corrected chi connectivity index (χ0v) is 13.1. The molecule has 0 bridgehead atoms. The van der Waals surface area contributed by atoms with Crippen molar-refractivity contribution < 1.29 is 9.90 Å². The molecule has 2 amide bonds. The van der Waals surface area contributed by atoms with Crippen molar-refractivity contribution in [3.8, 4) is 0 Å². The average molecular weight is 303 g/mol. The van der Waals surface area contributed by atoms with E-state index in [4.69, 9.17) is 5.11 Å². The van der Waals surface area contributed by atoms with Crippen LogP contribution in [-0.4, -0.2) is 37.4 Å². The van der Waals surface area contributed by atoms with Crippen LogP contribution in [0.1, 0.15) is 18.9 Å². The summed E-state index contributed by atoms with van der Waals surface area (Å²) < 4.78 is 0. The van der Waals surface area contributed by atoms with Crippen molar-refractivity contribution in [2.75, 3.05) is 31.1 Å². The van der Waals surface area contributed by atoms with E-state index < -0.39 is 0 Å². The molecule has 1 heterocycles. The van der Waals surface area contributed by atoms with Crippen LogP contribution >= 0.6 is 0 Å². The number of anilines is 1. The molecular weight excluding hydrogens is 278 g/mol. The average Bonchev–Trinajstić information content (AvgIpc) is 3.06. The Morgan fingerprint density at radius 2 is 2.09 bits per heavy atom. The summed E-state index contributed by atoms with van der Waals surface area (Å²) in [5.41, 5.74) is 2.27. The summed E-state index contributed by atoms with van der Waals surface area (Å²) in [4.78, 5) is 14.0. The first-order chi connectivity index (χ1) is 10.7. The number of urea groups is 1. The first kappa shape index (κ1) is 16.4. The molecule has 1 aromatic carbocycles. The molecule has 120 valence electrons. The Bertz CT molecular complexity index is 508. The molecule has 0 spiro atoms. The molecule has 1 aromatic rings. The predicted molar refractivity (Wildman–Crippen MR) is 88.9 cm³/mol. The van der Waals surface area contributed by atoms with Gasteiger partial charge in [-0.05, 0) is 30.0 Å². The molecule has 1 atom stereocenters. The van der Waals surface area contributed by atoms with E-state index in [0.717, 1.165) is 18.7 Å². The highest BCUT2D eigenvalue weighted by Gasteiger charge is 2.08. The Kier molecular flexibility index (Phi) is 6.27. The molecule has 22 heavy (non-hydrogen) atoms. The maximum Gasteiger partial charge on any atom is 0.315 e. The molecule has 1 aliphatic heterocycles. The second-order valence-corrected chi connectivity index (χ2v) is 5.73. The van der Waals surface area contributed by atoms with Gasteiger partial charge in [-0.1, -0.05) is 31.2 Å². The SMILES string of the molecule is CC(CCO)CNC(=O)NCc1cccc(N2CC=CC2)c1. The van der Waals surface area contributed by atoms with Crippen LogP contribution < -0.4 is 15.5 Å². The third kappa shape index (κ3) is 5.07. The van der Waals surface area contributed by atoms with E-state index in [-0.39, 0.29) is 18.6 Å². The van der Waals surface area contributed by atoms with Gasteiger partial charge >= 0.3 is 6.03 Å². The van der Waals surface area contributed by atoms with E-state index in [1.54, 1.807) is 0 Å². The van der Waals surface area contributed by atoms with E-state index in [1.165, 1.54) is 5.69 Å². The molecule has 0 saturated carbocycles. The van der Waals surface area contributed by atoms with Crippen LogP contribution in [0.4, 0.5) is 10.5 Å². The van der Waals surface area contributed by atoms with Gasteiger partial charge in [0.25, 0.3) is 0 Å². The van der Waals surface area contributed by atoms with Crippen LogP contribution in [0.2, 0.25) is 0 Å². The summed E-state index contributed by atoms with van der Waals surface area (Å²) in [7, 11) is 0. The maximum atomic E-state index is 11.8. The van der Waals surface area contributed by atoms with Crippen molar-refractivity contribution in [1.82, 2.24) is 10.6 Å². The number of amides is 2. The van der Waals surface area contributed by atoms with Crippen LogP contribution in [0.15, 0.2) is 36.4 Å². The second-order valence-electron chi connectivity index (χ2n) is 5.73. The lowest BCUT2D eigenvalue weighted by Gasteiger charge is -2.18. The minimum atomic E-state index is -0.168. The van der Waals surface area contributed by atoms with Crippen LogP contribution in [0.5, 0.6) is 0 Å². The quantitative estimate of drug-likeness (QED) is 0.674. The van der Waals surface area contributed by atoms with Crippen molar-refractivity contribution >= 4 is 11.7 Å². The van der Waals surface area contributed by atoms with Gasteiger partial charge in [-0.3, -0.25) is 0 Å². The minimum Gasteiger partial charge on any atom is -0.396 e. The molecule has 0 aliphatic carbocycles. The summed E-state index contributed by atoms with van der Waals surface area (Å²) in [6, 6.07) is 8.07. The molecule has 5 nitrogen and oxygen atoms in total. The van der Waals surface area contributed by atoms with Gasteiger partial charge in [0, 0.05) is 38.5 Å². The normalized spacial score (nSPS) is 14.9. The van der Waals surface area contributed by atoms with Gasteiger partial charge in [0.1, 0.15) is 0 Å². The highest BCUT2D eigenvalue weighted by molar-refractivity contribution is 5.73. The predicted octanol–water partition coefficient (Wildman–Crippen LogP) is 1.88. The van der Waals surface area contributed by atoms with Crippen LogP contribution in [0, 0.1) is 5.92 Å². The topological polar surface area (TPSA) is 64.6 Å². The first-order valence-electron chi connectivity index (χ1n) is 7.80. The number of rotatable bonds is 7. The molecule has 0 aromatic heterocycles. The number of carbonyl (C=O) groups excluding carboxylic acids is 1. The number of carbonyl (C=O) groups is 1. The Morgan fingerprint density at radius 3 is 2.82 bits per heavy atom. The van der Waals surface area contributed by atoms with Gasteiger partial charge in [-0.15, -0.1) is 0 Å². The molecule has 0 fully saturated rings. The second kappa shape index (κ2) is 8.44. The Balaban J connectivity index is 1.76. The van der Waals surface area contributed by atoms with Crippen molar-refractivity contribution in [2.45, 2.75) is 19.9 Å². The molecule has 1 aliphatic rings. The zero-order valence-electron chi connectivity index (χ0n) is 13.1. The number of hydrogen-bond acceptors (Lipinski definition) is 3. The molecule has 2 rings (SSSR count). The van der Waals surface area contributed by atoms with Gasteiger partial charge in [-0.25, -0.2) is 4.79 Å². The lowest BCUT2D eigenvalue weighted by atomic mass is 10.1. The van der Waals surface area contributed by atoms with Gasteiger partial charge < -0.3 is 20.6 Å². The number of nitrogens with zero attached hydrogens (tertiary/aromatic N) is 1. The first-order valence-corrected chi connectivity index (χ1v) is 7.80. The summed E-state index contributed by atoms with van der Waals surface area (Å²) in [6.07, 6.45) is 5.02. The summed E-state index contributed by atoms with van der Waals surface area (Å²) in [5.74, 6) is 0.279. The minimum absolute atomic E-state index is 0.155. The van der Waals surface area contributed by atoms with Crippen molar-refractivity contribution in [3.63, 3.8) is 0 Å². The van der Waals surface area contributed by atoms with E-state index in [2.05, 4.69) is 39.8 Å². The van der Waals surface area contributed by atoms with Crippen molar-refractivity contribution in [1.29, 1.82) is 0 Å². The third-order valence-corrected chi connectivity index (χ3v) is 3.78. The zero-order chi connectivity index (χ0) is 15.8. The number of benzene rings is 1. The van der Waals surface area contributed by atoms with Crippen molar-refractivity contribution in [2.24, 2.45) is 5.92 Å². The number of aliphatic hydroxyl groups excluding tert-OH is 1. The summed E-state index contributed by atoms with van der Waals surface area (Å²) >= 11 is 0. The van der Waals surface area contributed by atoms with Gasteiger partial charge in [0.2, 0.25) is 0 Å². The molecule has 1 unspecified atom stereocenters. The standard InChI is InChI=1S/C17H25N3O2/c1-14(7-10-21)12-18-17(22)19-13-15-5-4-6-16(11-15)20-8-2-3-9-20/h2-6,11,14,21H,7-10,12-13H2,1H3,(H2,18,19,22). The fourth-order valence-corrected chi connectivity index (χ4v) is 2.39. The highest BCUT2D eigenvalue weighted by atomic mass is 16.3. The van der Waals surface area contributed by atoms with E-state index in [0.29, 0.717) is 19.5 Å². The van der Waals surface area contributed by atoms with Crippen LogP contribution in [0.3, 0.4) is 0 Å². The molecule has 5 heteroatoms. The fraction of sp³-hybridized carbons (Fsp3) is 0.471. The van der Waals surface area contributed by atoms with Gasteiger partial charge in [-0.2, -0.15) is 0 Å². The maximum absolute atomic E-state index is 11.8. The molecule has 0 saturated heterocycles. The van der Waals surface area contributed by atoms with Crippen LogP contribution in [0.25, 0.3) is 0 Å². The largest absolute Gasteiger partial charge is 0.396 e. The molecule has 3 N–H and O–H groups in total. The third-order valence-electron chi connectivity index (χ3n) is 3.78. The monoisotopic (exact) mass is 303 g/mol. The Labute approximate surface area is 132 Å². The summed E-state index contributed by atoms with van der Waals surface area (Å²) in [6.45, 7) is 5.13. The van der Waals surface area contributed by atoms with Gasteiger partial charge in [0.15, 0.2) is 0 Å². The van der Waals surface area contributed by atoms with Crippen LogP contribution in [-0.2, 0) is 6.54 Å². The molecular formula is C17H25N3O2. The number of aliphatic hydroxyl groups is 1. The molecule has 0 radical (unpaired) electrons. The number of hydrogen-bond donors (Lipinski definition) is 3. The summed E-state index contributed by atoms with van der Waals surface area (Å²) in [5, 5.41) is 14.5. The van der Waals surface area contributed by atoms with E-state index >= 15 is 0 Å². The van der Waals surface area contributed by atoms with Crippen molar-refractivity contribution in [3.05, 3.63) is 42.0 Å². The fourth-order valence-electron chi connectivity index (χ4n) is 2.39. The number of nitrogens with one attached hydrogen (secondary N) is 2. The highest BCUT2D eigenvalue weighted by Crippen LogP contribution is 2.18. The van der Waals surface area contributed by atoms with Gasteiger partial charge in [0.05, 0.1) is 0 Å². The Hall–Kier alpha value is -2.01. The lowest BCUT2D eigenvalue weighted by Crippen LogP contribution is -2.37. The Morgan fingerprint density at radius 1 is 1.32 bits per heavy atom.